The smallest absolute Gasteiger partial charge is 0.168 e. The molecule has 0 aromatic heterocycles. The second kappa shape index (κ2) is 4.13. The minimum atomic E-state index is 0.184. The molecule has 0 atom stereocenters. The fourth-order valence-corrected chi connectivity index (χ4v) is 1.43. The summed E-state index contributed by atoms with van der Waals surface area (Å²) in [4.78, 5) is 0. The third-order valence-electron chi connectivity index (χ3n) is 1.51. The lowest BCUT2D eigenvalue weighted by Crippen LogP contribution is -2.19. The normalized spacial score (nSPS) is 9.77. The summed E-state index contributed by atoms with van der Waals surface area (Å²) in [6.07, 6.45) is 0. The Morgan fingerprint density at radius 1 is 1.38 bits per heavy atom. The first kappa shape index (κ1) is 10.6. The van der Waals surface area contributed by atoms with Gasteiger partial charge in [-0.05, 0) is 36.8 Å². The van der Waals surface area contributed by atoms with E-state index in [1.165, 1.54) is 0 Å². The molecule has 0 spiro atoms. The van der Waals surface area contributed by atoms with Gasteiger partial charge in [-0.1, -0.05) is 23.2 Å². The third kappa shape index (κ3) is 2.72. The molecule has 0 bridgehead atoms. The number of aryl methyl sites for hydroxylation is 1. The van der Waals surface area contributed by atoms with E-state index in [4.69, 9.17) is 28.9 Å². The zero-order chi connectivity index (χ0) is 10.0. The molecule has 3 N–H and O–H groups in total. The van der Waals surface area contributed by atoms with Gasteiger partial charge in [-0.15, -0.1) is 0 Å². The molecule has 0 amide bonds. The van der Waals surface area contributed by atoms with Crippen molar-refractivity contribution in [1.82, 2.24) is 0 Å². The number of rotatable bonds is 1. The summed E-state index contributed by atoms with van der Waals surface area (Å²) in [6.45, 7) is 1.88. The van der Waals surface area contributed by atoms with Crippen molar-refractivity contribution in [1.29, 1.82) is 0 Å². The standard InChI is InChI=1S/C8H8Cl2N2S/c1-4-2-7(12-8(11)13)6(10)3-5(4)9/h2-3H,1H3,(H3,11,12,13). The van der Waals surface area contributed by atoms with Gasteiger partial charge in [0.2, 0.25) is 0 Å². The molecule has 0 radical (unpaired) electrons. The molecule has 0 heterocycles. The van der Waals surface area contributed by atoms with E-state index >= 15 is 0 Å². The SMILES string of the molecule is Cc1cc(NC(N)=S)c(Cl)cc1Cl. The monoisotopic (exact) mass is 234 g/mol. The zero-order valence-electron chi connectivity index (χ0n) is 6.90. The highest BCUT2D eigenvalue weighted by atomic mass is 35.5. The van der Waals surface area contributed by atoms with Crippen molar-refractivity contribution in [2.24, 2.45) is 5.73 Å². The van der Waals surface area contributed by atoms with Crippen LogP contribution < -0.4 is 11.1 Å². The van der Waals surface area contributed by atoms with Crippen molar-refractivity contribution >= 4 is 46.2 Å². The Balaban J connectivity index is 3.08. The molecule has 0 aliphatic heterocycles. The fraction of sp³-hybridized carbons (Fsp3) is 0.125. The summed E-state index contributed by atoms with van der Waals surface area (Å²) < 4.78 is 0. The lowest BCUT2D eigenvalue weighted by Gasteiger charge is -2.08. The van der Waals surface area contributed by atoms with Crippen molar-refractivity contribution in [2.75, 3.05) is 5.32 Å². The highest BCUT2D eigenvalue weighted by Gasteiger charge is 2.04. The second-order valence-electron chi connectivity index (χ2n) is 2.57. The Hall–Kier alpha value is -0.510. The van der Waals surface area contributed by atoms with Gasteiger partial charge in [0.1, 0.15) is 0 Å². The largest absolute Gasteiger partial charge is 0.376 e. The van der Waals surface area contributed by atoms with E-state index in [0.29, 0.717) is 15.7 Å². The number of nitrogens with two attached hydrogens (primary N) is 1. The van der Waals surface area contributed by atoms with Crippen LogP contribution in [0.5, 0.6) is 0 Å². The van der Waals surface area contributed by atoms with E-state index in [9.17, 15) is 0 Å². The quantitative estimate of drug-likeness (QED) is 0.735. The van der Waals surface area contributed by atoms with Crippen LogP contribution in [-0.2, 0) is 0 Å². The predicted molar refractivity (Wildman–Crippen MR) is 61.6 cm³/mol. The summed E-state index contributed by atoms with van der Waals surface area (Å²) in [5.41, 5.74) is 6.91. The molecule has 0 saturated carbocycles. The van der Waals surface area contributed by atoms with Crippen molar-refractivity contribution in [3.05, 3.63) is 27.7 Å². The van der Waals surface area contributed by atoms with Gasteiger partial charge in [-0.25, -0.2) is 0 Å². The van der Waals surface area contributed by atoms with Gasteiger partial charge in [0.25, 0.3) is 0 Å². The van der Waals surface area contributed by atoms with Crippen LogP contribution in [-0.4, -0.2) is 5.11 Å². The van der Waals surface area contributed by atoms with Gasteiger partial charge in [-0.2, -0.15) is 0 Å². The highest BCUT2D eigenvalue weighted by molar-refractivity contribution is 7.80. The van der Waals surface area contributed by atoms with Gasteiger partial charge < -0.3 is 11.1 Å². The van der Waals surface area contributed by atoms with Crippen LogP contribution >= 0.6 is 35.4 Å². The van der Waals surface area contributed by atoms with Crippen LogP contribution in [0.15, 0.2) is 12.1 Å². The molecule has 0 fully saturated rings. The molecule has 1 aromatic carbocycles. The van der Waals surface area contributed by atoms with Crippen LogP contribution in [0, 0.1) is 6.92 Å². The van der Waals surface area contributed by atoms with Gasteiger partial charge in [0, 0.05) is 5.02 Å². The number of hydrogen-bond donors (Lipinski definition) is 2. The Morgan fingerprint density at radius 3 is 2.54 bits per heavy atom. The van der Waals surface area contributed by atoms with E-state index in [-0.39, 0.29) is 5.11 Å². The van der Waals surface area contributed by atoms with Crippen LogP contribution in [0.1, 0.15) is 5.56 Å². The minimum absolute atomic E-state index is 0.184. The van der Waals surface area contributed by atoms with E-state index in [2.05, 4.69) is 17.5 Å². The molecular weight excluding hydrogens is 227 g/mol. The molecule has 0 unspecified atom stereocenters. The maximum absolute atomic E-state index is 5.88. The predicted octanol–water partition coefficient (Wildman–Crippen LogP) is 2.96. The van der Waals surface area contributed by atoms with E-state index in [1.807, 2.05) is 6.92 Å². The topological polar surface area (TPSA) is 38.0 Å². The molecule has 70 valence electrons. The van der Waals surface area contributed by atoms with Gasteiger partial charge in [0.15, 0.2) is 5.11 Å². The number of nitrogens with one attached hydrogen (secondary N) is 1. The molecule has 1 aromatic rings. The average molecular weight is 235 g/mol. The number of halogens is 2. The third-order valence-corrected chi connectivity index (χ3v) is 2.33. The molecule has 2 nitrogen and oxygen atoms in total. The van der Waals surface area contributed by atoms with Crippen LogP contribution in [0.4, 0.5) is 5.69 Å². The number of thiocarbonyl (C=S) groups is 1. The van der Waals surface area contributed by atoms with Crippen molar-refractivity contribution < 1.29 is 0 Å². The average Bonchev–Trinajstić information content (AvgIpc) is 1.99. The van der Waals surface area contributed by atoms with Crippen molar-refractivity contribution in [3.8, 4) is 0 Å². The van der Waals surface area contributed by atoms with Crippen LogP contribution in [0.25, 0.3) is 0 Å². The molecule has 0 aliphatic rings. The molecule has 0 saturated heterocycles. The number of benzene rings is 1. The summed E-state index contributed by atoms with van der Waals surface area (Å²) in [5, 5.41) is 4.07. The summed E-state index contributed by atoms with van der Waals surface area (Å²) in [7, 11) is 0. The van der Waals surface area contributed by atoms with Gasteiger partial charge in [-0.3, -0.25) is 0 Å². The molecular formula is C8H8Cl2N2S. The Labute approximate surface area is 92.0 Å². The van der Waals surface area contributed by atoms with Crippen LogP contribution in [0.3, 0.4) is 0 Å². The first-order valence-corrected chi connectivity index (χ1v) is 4.69. The summed E-state index contributed by atoms with van der Waals surface area (Å²) in [6, 6.07) is 3.45. The summed E-state index contributed by atoms with van der Waals surface area (Å²) in [5.74, 6) is 0. The maximum atomic E-state index is 5.88. The Morgan fingerprint density at radius 2 is 2.00 bits per heavy atom. The maximum Gasteiger partial charge on any atom is 0.168 e. The van der Waals surface area contributed by atoms with Crippen LogP contribution in [0.2, 0.25) is 10.0 Å². The molecule has 0 aliphatic carbocycles. The van der Waals surface area contributed by atoms with E-state index in [1.54, 1.807) is 12.1 Å². The highest BCUT2D eigenvalue weighted by Crippen LogP contribution is 2.28. The van der Waals surface area contributed by atoms with Crippen molar-refractivity contribution in [2.45, 2.75) is 6.92 Å². The first-order valence-electron chi connectivity index (χ1n) is 3.53. The lowest BCUT2D eigenvalue weighted by molar-refractivity contribution is 1.46. The molecule has 1 rings (SSSR count). The van der Waals surface area contributed by atoms with Crippen molar-refractivity contribution in [3.63, 3.8) is 0 Å². The van der Waals surface area contributed by atoms with E-state index < -0.39 is 0 Å². The molecule has 5 heteroatoms. The minimum Gasteiger partial charge on any atom is -0.376 e. The second-order valence-corrected chi connectivity index (χ2v) is 3.82. The first-order chi connectivity index (χ1) is 6.00. The van der Waals surface area contributed by atoms with E-state index in [0.717, 1.165) is 5.56 Å². The Kier molecular flexibility index (Phi) is 3.36. The number of hydrogen-bond acceptors (Lipinski definition) is 1. The van der Waals surface area contributed by atoms with Gasteiger partial charge >= 0.3 is 0 Å². The Bertz CT molecular complexity index is 352. The van der Waals surface area contributed by atoms with Gasteiger partial charge in [0.05, 0.1) is 10.7 Å². The zero-order valence-corrected chi connectivity index (χ0v) is 9.22. The summed E-state index contributed by atoms with van der Waals surface area (Å²) >= 11 is 16.4. The molecule has 13 heavy (non-hydrogen) atoms. The lowest BCUT2D eigenvalue weighted by atomic mass is 10.2. The number of anilines is 1. The fourth-order valence-electron chi connectivity index (χ4n) is 0.886.